The third kappa shape index (κ3) is 4.10. The Morgan fingerprint density at radius 2 is 1.86 bits per heavy atom. The van der Waals surface area contributed by atoms with Gasteiger partial charge in [-0.1, -0.05) is 37.1 Å². The maximum atomic E-state index is 13.2. The van der Waals surface area contributed by atoms with Crippen LogP contribution < -0.4 is 14.8 Å². The van der Waals surface area contributed by atoms with Gasteiger partial charge in [-0.05, 0) is 61.9 Å². The van der Waals surface area contributed by atoms with E-state index in [0.29, 0.717) is 6.54 Å². The lowest BCUT2D eigenvalue weighted by Gasteiger charge is -2.29. The Kier molecular flexibility index (Phi) is 5.15. The third-order valence-electron chi connectivity index (χ3n) is 6.24. The first-order chi connectivity index (χ1) is 14.3. The summed E-state index contributed by atoms with van der Waals surface area (Å²) in [6, 6.07) is 14.3. The van der Waals surface area contributed by atoms with E-state index in [4.69, 9.17) is 9.47 Å². The number of rotatable bonds is 5. The van der Waals surface area contributed by atoms with Crippen LogP contribution in [0.5, 0.6) is 11.5 Å². The zero-order valence-electron chi connectivity index (χ0n) is 16.7. The second-order valence-electron chi connectivity index (χ2n) is 8.37. The number of nitrogens with one attached hydrogen (secondary N) is 1. The summed E-state index contributed by atoms with van der Waals surface area (Å²) >= 11 is 0. The van der Waals surface area contributed by atoms with Gasteiger partial charge >= 0.3 is 0 Å². The molecule has 29 heavy (non-hydrogen) atoms. The number of para-hydroxylation sites is 1. The van der Waals surface area contributed by atoms with E-state index in [9.17, 15) is 4.79 Å². The first-order valence-electron chi connectivity index (χ1n) is 10.8. The predicted molar refractivity (Wildman–Crippen MR) is 112 cm³/mol. The van der Waals surface area contributed by atoms with Crippen LogP contribution in [-0.2, 0) is 11.3 Å². The molecule has 3 aliphatic rings. The van der Waals surface area contributed by atoms with Gasteiger partial charge in [0.15, 0.2) is 11.5 Å². The van der Waals surface area contributed by atoms with Gasteiger partial charge in [0.25, 0.3) is 0 Å². The molecule has 2 aromatic rings. The normalized spacial score (nSPS) is 21.6. The van der Waals surface area contributed by atoms with Crippen molar-refractivity contribution in [3.63, 3.8) is 0 Å². The van der Waals surface area contributed by atoms with Crippen molar-refractivity contribution in [2.75, 3.05) is 18.7 Å². The number of fused-ring (bicyclic) bond motifs is 1. The molecule has 2 aromatic carbocycles. The summed E-state index contributed by atoms with van der Waals surface area (Å²) in [4.78, 5) is 15.5. The third-order valence-corrected chi connectivity index (χ3v) is 6.24. The van der Waals surface area contributed by atoms with Crippen LogP contribution in [0.3, 0.4) is 0 Å². The summed E-state index contributed by atoms with van der Waals surface area (Å²) in [6.45, 7) is 1.89. The maximum Gasteiger partial charge on any atom is 0.241 e. The molecule has 2 aliphatic heterocycles. The van der Waals surface area contributed by atoms with Gasteiger partial charge in [-0.2, -0.15) is 0 Å². The van der Waals surface area contributed by atoms with Gasteiger partial charge < -0.3 is 14.8 Å². The molecule has 5 nitrogen and oxygen atoms in total. The average Bonchev–Trinajstić information content (AvgIpc) is 3.51. The molecule has 2 fully saturated rings. The molecule has 2 heterocycles. The molecule has 1 saturated heterocycles. The number of nitrogens with zero attached hydrogens (tertiary/aromatic N) is 1. The number of hydrogen-bond acceptors (Lipinski definition) is 4. The lowest BCUT2D eigenvalue weighted by molar-refractivity contribution is -0.121. The smallest absolute Gasteiger partial charge is 0.241 e. The second kappa shape index (κ2) is 8.07. The van der Waals surface area contributed by atoms with E-state index in [1.807, 2.05) is 24.3 Å². The molecule has 5 heteroatoms. The van der Waals surface area contributed by atoms with Crippen molar-refractivity contribution in [3.8, 4) is 11.5 Å². The molecule has 0 spiro atoms. The Balaban J connectivity index is 1.31. The zero-order valence-corrected chi connectivity index (χ0v) is 16.7. The first-order valence-corrected chi connectivity index (χ1v) is 10.8. The van der Waals surface area contributed by atoms with Crippen molar-refractivity contribution >= 4 is 11.6 Å². The SMILES string of the molecule is O=C(Nc1ccc(C2CC2)cc1)[C@H]1CCCCCN1Cc1cccc2c1OCO2. The van der Waals surface area contributed by atoms with E-state index in [2.05, 4.69) is 28.4 Å². The molecule has 0 radical (unpaired) electrons. The van der Waals surface area contributed by atoms with Gasteiger partial charge in [0.1, 0.15) is 0 Å². The predicted octanol–water partition coefficient (Wildman–Crippen LogP) is 4.68. The van der Waals surface area contributed by atoms with Crippen molar-refractivity contribution < 1.29 is 14.3 Å². The highest BCUT2D eigenvalue weighted by molar-refractivity contribution is 5.94. The van der Waals surface area contributed by atoms with E-state index in [1.54, 1.807) is 0 Å². The fourth-order valence-corrected chi connectivity index (χ4v) is 4.47. The summed E-state index contributed by atoms with van der Waals surface area (Å²) in [5, 5.41) is 3.16. The minimum atomic E-state index is -0.126. The van der Waals surface area contributed by atoms with E-state index in [0.717, 1.165) is 54.5 Å². The molecule has 152 valence electrons. The Morgan fingerprint density at radius 3 is 2.69 bits per heavy atom. The van der Waals surface area contributed by atoms with E-state index >= 15 is 0 Å². The highest BCUT2D eigenvalue weighted by Crippen LogP contribution is 2.40. The number of anilines is 1. The first kappa shape index (κ1) is 18.5. The van der Waals surface area contributed by atoms with Crippen molar-refractivity contribution in [2.45, 2.75) is 57.0 Å². The van der Waals surface area contributed by atoms with E-state index in [-0.39, 0.29) is 18.7 Å². The number of amides is 1. The molecule has 1 N–H and O–H groups in total. The van der Waals surface area contributed by atoms with Crippen molar-refractivity contribution in [1.82, 2.24) is 4.90 Å². The molecule has 1 aliphatic carbocycles. The average molecular weight is 392 g/mol. The molecule has 5 rings (SSSR count). The fourth-order valence-electron chi connectivity index (χ4n) is 4.47. The monoisotopic (exact) mass is 392 g/mol. The number of benzene rings is 2. The number of carbonyl (C=O) groups excluding carboxylic acids is 1. The van der Waals surface area contributed by atoms with Gasteiger partial charge in [-0.3, -0.25) is 9.69 Å². The Hall–Kier alpha value is -2.53. The van der Waals surface area contributed by atoms with Crippen molar-refractivity contribution in [2.24, 2.45) is 0 Å². The topological polar surface area (TPSA) is 50.8 Å². The van der Waals surface area contributed by atoms with Crippen LogP contribution in [0.1, 0.15) is 55.6 Å². The second-order valence-corrected chi connectivity index (χ2v) is 8.37. The van der Waals surface area contributed by atoms with Gasteiger partial charge in [-0.25, -0.2) is 0 Å². The van der Waals surface area contributed by atoms with Crippen LogP contribution in [0.25, 0.3) is 0 Å². The minimum Gasteiger partial charge on any atom is -0.454 e. The summed E-state index contributed by atoms with van der Waals surface area (Å²) in [6.07, 6.45) is 6.84. The molecule has 1 atom stereocenters. The van der Waals surface area contributed by atoms with Gasteiger partial charge in [0.2, 0.25) is 12.7 Å². The quantitative estimate of drug-likeness (QED) is 0.803. The Bertz CT molecular complexity index is 876. The van der Waals surface area contributed by atoms with Crippen LogP contribution in [0.4, 0.5) is 5.69 Å². The lowest BCUT2D eigenvalue weighted by atomic mass is 10.1. The van der Waals surface area contributed by atoms with Crippen molar-refractivity contribution in [3.05, 3.63) is 53.6 Å². The number of likely N-dealkylation sites (tertiary alicyclic amines) is 1. The van der Waals surface area contributed by atoms with Crippen LogP contribution in [0, 0.1) is 0 Å². The standard InChI is InChI=1S/C24H28N2O3/c27-24(25-20-12-10-18(11-13-20)17-8-9-17)21-6-2-1-3-14-26(21)15-19-5-4-7-22-23(19)29-16-28-22/h4-5,7,10-13,17,21H,1-3,6,8-9,14-16H2,(H,25,27)/t21-/m1/s1. The molecular weight excluding hydrogens is 364 g/mol. The summed E-state index contributed by atoms with van der Waals surface area (Å²) < 4.78 is 11.2. The zero-order chi connectivity index (χ0) is 19.6. The minimum absolute atomic E-state index is 0.0933. The lowest BCUT2D eigenvalue weighted by Crippen LogP contribution is -2.43. The molecule has 1 amide bonds. The molecule has 0 unspecified atom stereocenters. The molecule has 0 bridgehead atoms. The van der Waals surface area contributed by atoms with E-state index < -0.39 is 0 Å². The molecule has 0 aromatic heterocycles. The van der Waals surface area contributed by atoms with Crippen LogP contribution >= 0.6 is 0 Å². The number of hydrogen-bond donors (Lipinski definition) is 1. The van der Waals surface area contributed by atoms with Crippen LogP contribution in [0.2, 0.25) is 0 Å². The molecular formula is C24H28N2O3. The fraction of sp³-hybridized carbons (Fsp3) is 0.458. The van der Waals surface area contributed by atoms with Gasteiger partial charge in [0.05, 0.1) is 6.04 Å². The maximum absolute atomic E-state index is 13.2. The summed E-state index contributed by atoms with van der Waals surface area (Å²) in [5.41, 5.74) is 3.37. The number of ether oxygens (including phenoxy) is 2. The van der Waals surface area contributed by atoms with E-state index in [1.165, 1.54) is 24.8 Å². The number of carbonyl (C=O) groups is 1. The van der Waals surface area contributed by atoms with Crippen LogP contribution in [0.15, 0.2) is 42.5 Å². The molecule has 1 saturated carbocycles. The highest BCUT2D eigenvalue weighted by Gasteiger charge is 2.29. The van der Waals surface area contributed by atoms with Crippen LogP contribution in [-0.4, -0.2) is 30.2 Å². The highest BCUT2D eigenvalue weighted by atomic mass is 16.7. The van der Waals surface area contributed by atoms with Gasteiger partial charge in [0, 0.05) is 17.8 Å². The van der Waals surface area contributed by atoms with Gasteiger partial charge in [-0.15, -0.1) is 0 Å². The Labute approximate surface area is 172 Å². The Morgan fingerprint density at radius 1 is 1.00 bits per heavy atom. The summed E-state index contributed by atoms with van der Waals surface area (Å²) in [7, 11) is 0. The van der Waals surface area contributed by atoms with Crippen molar-refractivity contribution in [1.29, 1.82) is 0 Å². The summed E-state index contributed by atoms with van der Waals surface area (Å²) in [5.74, 6) is 2.45. The largest absolute Gasteiger partial charge is 0.454 e.